The molecule has 0 aliphatic carbocycles. The zero-order valence-electron chi connectivity index (χ0n) is 11.4. The molecule has 110 valence electrons. The Morgan fingerprint density at radius 2 is 2.10 bits per heavy atom. The van der Waals surface area contributed by atoms with Crippen molar-refractivity contribution in [1.29, 1.82) is 0 Å². The van der Waals surface area contributed by atoms with Crippen molar-refractivity contribution >= 4 is 21.8 Å². The standard InChI is InChI=1S/C15H14BrFN2O2/c1-10-2-3-11(6-13(10)17)7-18-14(20)9-19-8-12(16)4-5-15(19)21/h2-6,8H,7,9H2,1H3,(H,18,20). The van der Waals surface area contributed by atoms with E-state index in [1.54, 1.807) is 31.3 Å². The number of benzene rings is 1. The number of amides is 1. The van der Waals surface area contributed by atoms with Crippen LogP contribution in [0.3, 0.4) is 0 Å². The van der Waals surface area contributed by atoms with Crippen molar-refractivity contribution in [3.05, 3.63) is 68.3 Å². The number of aromatic nitrogens is 1. The van der Waals surface area contributed by atoms with E-state index in [9.17, 15) is 14.0 Å². The smallest absolute Gasteiger partial charge is 0.251 e. The summed E-state index contributed by atoms with van der Waals surface area (Å²) in [5, 5.41) is 2.66. The van der Waals surface area contributed by atoms with Crippen LogP contribution in [0.15, 0.2) is 45.8 Å². The van der Waals surface area contributed by atoms with Gasteiger partial charge in [-0.2, -0.15) is 0 Å². The third-order valence-corrected chi connectivity index (χ3v) is 3.46. The molecule has 4 nitrogen and oxygen atoms in total. The van der Waals surface area contributed by atoms with Gasteiger partial charge in [-0.15, -0.1) is 0 Å². The summed E-state index contributed by atoms with van der Waals surface area (Å²) in [4.78, 5) is 23.4. The first-order chi connectivity index (χ1) is 9.95. The lowest BCUT2D eigenvalue weighted by Crippen LogP contribution is -2.31. The molecule has 0 atom stereocenters. The molecule has 2 rings (SSSR count). The van der Waals surface area contributed by atoms with Crippen LogP contribution in [0.1, 0.15) is 11.1 Å². The quantitative estimate of drug-likeness (QED) is 0.918. The minimum absolute atomic E-state index is 0.0768. The molecule has 0 saturated carbocycles. The lowest BCUT2D eigenvalue weighted by atomic mass is 10.1. The Morgan fingerprint density at radius 1 is 1.33 bits per heavy atom. The van der Waals surface area contributed by atoms with Crippen molar-refractivity contribution in [1.82, 2.24) is 9.88 Å². The highest BCUT2D eigenvalue weighted by Crippen LogP contribution is 2.09. The maximum Gasteiger partial charge on any atom is 0.251 e. The fraction of sp³-hybridized carbons (Fsp3) is 0.200. The van der Waals surface area contributed by atoms with Gasteiger partial charge in [-0.3, -0.25) is 9.59 Å². The lowest BCUT2D eigenvalue weighted by molar-refractivity contribution is -0.121. The molecule has 0 unspecified atom stereocenters. The summed E-state index contributed by atoms with van der Waals surface area (Å²) in [6.45, 7) is 1.82. The summed E-state index contributed by atoms with van der Waals surface area (Å²) < 4.78 is 15.4. The zero-order valence-corrected chi connectivity index (χ0v) is 13.0. The van der Waals surface area contributed by atoms with Gasteiger partial charge in [0, 0.05) is 23.3 Å². The minimum Gasteiger partial charge on any atom is -0.350 e. The van der Waals surface area contributed by atoms with Gasteiger partial charge in [0.05, 0.1) is 0 Å². The van der Waals surface area contributed by atoms with E-state index in [4.69, 9.17) is 0 Å². The van der Waals surface area contributed by atoms with E-state index >= 15 is 0 Å². The number of nitrogens with zero attached hydrogens (tertiary/aromatic N) is 1. The Kier molecular flexibility index (Phi) is 4.90. The third-order valence-electron chi connectivity index (χ3n) is 2.99. The minimum atomic E-state index is -0.309. The summed E-state index contributed by atoms with van der Waals surface area (Å²) >= 11 is 3.24. The van der Waals surface area contributed by atoms with Crippen molar-refractivity contribution in [2.75, 3.05) is 0 Å². The summed E-state index contributed by atoms with van der Waals surface area (Å²) in [6.07, 6.45) is 1.55. The van der Waals surface area contributed by atoms with Crippen molar-refractivity contribution in [3.63, 3.8) is 0 Å². The molecule has 0 aliphatic heterocycles. The number of carbonyl (C=O) groups excluding carboxylic acids is 1. The number of rotatable bonds is 4. The highest BCUT2D eigenvalue weighted by Gasteiger charge is 2.06. The van der Waals surface area contributed by atoms with Crippen molar-refractivity contribution < 1.29 is 9.18 Å². The van der Waals surface area contributed by atoms with Crippen LogP contribution in [0.5, 0.6) is 0 Å². The largest absolute Gasteiger partial charge is 0.350 e. The first kappa shape index (κ1) is 15.4. The summed E-state index contributed by atoms with van der Waals surface area (Å²) in [6, 6.07) is 7.80. The van der Waals surface area contributed by atoms with Gasteiger partial charge in [0.25, 0.3) is 5.56 Å². The topological polar surface area (TPSA) is 51.1 Å². The molecule has 21 heavy (non-hydrogen) atoms. The van der Waals surface area contributed by atoms with Gasteiger partial charge in [-0.05, 0) is 46.1 Å². The van der Waals surface area contributed by atoms with Crippen molar-refractivity contribution in [2.45, 2.75) is 20.0 Å². The van der Waals surface area contributed by atoms with Crippen LogP contribution in [-0.4, -0.2) is 10.5 Å². The van der Waals surface area contributed by atoms with Gasteiger partial charge < -0.3 is 9.88 Å². The molecular formula is C15H14BrFN2O2. The molecule has 0 fully saturated rings. The molecule has 6 heteroatoms. The Morgan fingerprint density at radius 3 is 2.81 bits per heavy atom. The molecule has 1 amide bonds. The molecule has 0 radical (unpaired) electrons. The van der Waals surface area contributed by atoms with Crippen LogP contribution in [0.2, 0.25) is 0 Å². The Labute approximate surface area is 129 Å². The monoisotopic (exact) mass is 352 g/mol. The predicted molar refractivity (Wildman–Crippen MR) is 81.4 cm³/mol. The average Bonchev–Trinajstić information content (AvgIpc) is 2.44. The van der Waals surface area contributed by atoms with E-state index in [-0.39, 0.29) is 30.4 Å². The maximum atomic E-state index is 13.4. The first-order valence-electron chi connectivity index (χ1n) is 6.33. The molecule has 1 aromatic carbocycles. The fourth-order valence-corrected chi connectivity index (χ4v) is 2.16. The van der Waals surface area contributed by atoms with Gasteiger partial charge in [0.2, 0.25) is 5.91 Å². The van der Waals surface area contributed by atoms with Crippen LogP contribution in [0, 0.1) is 12.7 Å². The average molecular weight is 353 g/mol. The third kappa shape index (κ3) is 4.26. The normalized spacial score (nSPS) is 10.4. The number of aryl methyl sites for hydroxylation is 1. The predicted octanol–water partition coefficient (Wildman–Crippen LogP) is 2.37. The molecule has 0 bridgehead atoms. The molecule has 0 aliphatic rings. The first-order valence-corrected chi connectivity index (χ1v) is 7.13. The van der Waals surface area contributed by atoms with Gasteiger partial charge in [0.15, 0.2) is 0 Å². The number of hydrogen-bond acceptors (Lipinski definition) is 2. The molecule has 2 aromatic rings. The Balaban J connectivity index is 1.97. The second-order valence-electron chi connectivity index (χ2n) is 4.67. The van der Waals surface area contributed by atoms with E-state index in [1.165, 1.54) is 16.7 Å². The van der Waals surface area contributed by atoms with Crippen molar-refractivity contribution in [3.8, 4) is 0 Å². The maximum absolute atomic E-state index is 13.4. The summed E-state index contributed by atoms with van der Waals surface area (Å²) in [5.41, 5.74) is 0.980. The van der Waals surface area contributed by atoms with Crippen LogP contribution >= 0.6 is 15.9 Å². The van der Waals surface area contributed by atoms with E-state index in [0.717, 1.165) is 4.47 Å². The van der Waals surface area contributed by atoms with E-state index in [1.807, 2.05) is 0 Å². The number of carbonyl (C=O) groups is 1. The van der Waals surface area contributed by atoms with E-state index in [2.05, 4.69) is 21.2 Å². The highest BCUT2D eigenvalue weighted by molar-refractivity contribution is 9.10. The highest BCUT2D eigenvalue weighted by atomic mass is 79.9. The number of halogens is 2. The van der Waals surface area contributed by atoms with E-state index in [0.29, 0.717) is 11.1 Å². The number of nitrogens with one attached hydrogen (secondary N) is 1. The SMILES string of the molecule is Cc1ccc(CNC(=O)Cn2cc(Br)ccc2=O)cc1F. The van der Waals surface area contributed by atoms with Crippen molar-refractivity contribution in [2.24, 2.45) is 0 Å². The summed E-state index contributed by atoms with van der Waals surface area (Å²) in [5.74, 6) is -0.610. The van der Waals surface area contributed by atoms with E-state index < -0.39 is 0 Å². The van der Waals surface area contributed by atoms with Crippen LogP contribution in [-0.2, 0) is 17.9 Å². The molecule has 0 spiro atoms. The fourth-order valence-electron chi connectivity index (χ4n) is 1.78. The number of hydrogen-bond donors (Lipinski definition) is 1. The Hall–Kier alpha value is -1.95. The Bertz CT molecular complexity index is 728. The summed E-state index contributed by atoms with van der Waals surface area (Å²) in [7, 11) is 0. The zero-order chi connectivity index (χ0) is 15.4. The lowest BCUT2D eigenvalue weighted by Gasteiger charge is -2.08. The van der Waals surface area contributed by atoms with Gasteiger partial charge >= 0.3 is 0 Å². The van der Waals surface area contributed by atoms with Gasteiger partial charge in [-0.1, -0.05) is 12.1 Å². The second kappa shape index (κ2) is 6.67. The van der Waals surface area contributed by atoms with Crippen LogP contribution < -0.4 is 10.9 Å². The molecule has 1 N–H and O–H groups in total. The van der Waals surface area contributed by atoms with Gasteiger partial charge in [-0.25, -0.2) is 4.39 Å². The molecule has 0 saturated heterocycles. The molecular weight excluding hydrogens is 339 g/mol. The molecule has 1 heterocycles. The van der Waals surface area contributed by atoms with Gasteiger partial charge in [0.1, 0.15) is 12.4 Å². The second-order valence-corrected chi connectivity index (χ2v) is 5.59. The van der Waals surface area contributed by atoms with Crippen LogP contribution in [0.4, 0.5) is 4.39 Å². The number of pyridine rings is 1. The van der Waals surface area contributed by atoms with Crippen LogP contribution in [0.25, 0.3) is 0 Å². The molecule has 1 aromatic heterocycles.